The van der Waals surface area contributed by atoms with E-state index in [0.29, 0.717) is 5.56 Å². The van der Waals surface area contributed by atoms with E-state index in [0.717, 1.165) is 15.9 Å². The second-order valence-electron chi connectivity index (χ2n) is 6.73. The van der Waals surface area contributed by atoms with Crippen molar-refractivity contribution in [2.75, 3.05) is 6.54 Å². The molecule has 31 heavy (non-hydrogen) atoms. The highest BCUT2D eigenvalue weighted by Crippen LogP contribution is 2.46. The standard InChI is InChI=1S/C26H22NOP.C2H6/c28-26(22-13-5-1-6-14-22)21-27-29(23-15-7-2-8-16-23,24-17-9-3-10-18-24)25-19-11-4-12-20-25;1-2/h1-20H,21H2;1-2H3. The van der Waals surface area contributed by atoms with E-state index >= 15 is 0 Å². The van der Waals surface area contributed by atoms with Crippen LogP contribution in [-0.4, -0.2) is 12.3 Å². The van der Waals surface area contributed by atoms with Gasteiger partial charge in [0.15, 0.2) is 5.78 Å². The first-order valence-corrected chi connectivity index (χ1v) is 12.4. The van der Waals surface area contributed by atoms with Crippen LogP contribution in [0.2, 0.25) is 0 Å². The minimum atomic E-state index is -2.32. The Morgan fingerprint density at radius 3 is 1.26 bits per heavy atom. The van der Waals surface area contributed by atoms with Gasteiger partial charge in [0.2, 0.25) is 0 Å². The quantitative estimate of drug-likeness (QED) is 0.272. The number of Topliss-reactive ketones (excluding diaryl/α,β-unsaturated/α-hetero) is 1. The minimum absolute atomic E-state index is 0.0396. The van der Waals surface area contributed by atoms with Crippen LogP contribution in [0.1, 0.15) is 24.2 Å². The smallest absolute Gasteiger partial charge is 0.184 e. The first-order valence-electron chi connectivity index (χ1n) is 10.6. The molecule has 0 aliphatic carbocycles. The zero-order chi connectivity index (χ0) is 21.9. The summed E-state index contributed by atoms with van der Waals surface area (Å²) >= 11 is 0. The van der Waals surface area contributed by atoms with Gasteiger partial charge in [-0.1, -0.05) is 135 Å². The normalized spacial score (nSPS) is 10.5. The molecule has 0 fully saturated rings. The molecule has 0 amide bonds. The average molecular weight is 426 g/mol. The SMILES string of the molecule is CC.O=C(CN=P(c1ccccc1)(c1ccccc1)c1ccccc1)c1ccccc1. The van der Waals surface area contributed by atoms with Gasteiger partial charge in [0.05, 0.1) is 7.05 Å². The van der Waals surface area contributed by atoms with E-state index in [1.807, 2.05) is 98.8 Å². The summed E-state index contributed by atoms with van der Waals surface area (Å²) in [5, 5.41) is 3.45. The number of ketones is 1. The first kappa shape index (κ1) is 22.5. The van der Waals surface area contributed by atoms with Gasteiger partial charge in [-0.3, -0.25) is 9.54 Å². The van der Waals surface area contributed by atoms with Gasteiger partial charge in [-0.25, -0.2) is 0 Å². The molecule has 156 valence electrons. The molecule has 2 nitrogen and oxygen atoms in total. The van der Waals surface area contributed by atoms with Crippen molar-refractivity contribution >= 4 is 28.8 Å². The summed E-state index contributed by atoms with van der Waals surface area (Å²) < 4.78 is 5.20. The van der Waals surface area contributed by atoms with Crippen LogP contribution in [0, 0.1) is 0 Å². The molecule has 0 unspecified atom stereocenters. The van der Waals surface area contributed by atoms with E-state index in [4.69, 9.17) is 4.74 Å². The van der Waals surface area contributed by atoms with Crippen molar-refractivity contribution in [1.82, 2.24) is 0 Å². The highest BCUT2D eigenvalue weighted by molar-refractivity contribution is 7.87. The number of nitrogens with zero attached hydrogens (tertiary/aromatic N) is 1. The van der Waals surface area contributed by atoms with Crippen molar-refractivity contribution in [2.24, 2.45) is 4.74 Å². The van der Waals surface area contributed by atoms with Crippen LogP contribution >= 0.6 is 7.05 Å². The minimum Gasteiger partial charge on any atom is -0.292 e. The lowest BCUT2D eigenvalue weighted by molar-refractivity contribution is 0.100. The zero-order valence-corrected chi connectivity index (χ0v) is 19.0. The number of carbonyl (C=O) groups excluding carboxylic acids is 1. The fraction of sp³-hybridized carbons (Fsp3) is 0.107. The summed E-state index contributed by atoms with van der Waals surface area (Å²) in [6.07, 6.45) is 0. The van der Waals surface area contributed by atoms with Crippen molar-refractivity contribution in [1.29, 1.82) is 0 Å². The Hall–Kier alpha value is -3.22. The number of hydrogen-bond donors (Lipinski definition) is 0. The molecule has 3 heteroatoms. The number of benzene rings is 4. The van der Waals surface area contributed by atoms with Gasteiger partial charge < -0.3 is 0 Å². The topological polar surface area (TPSA) is 29.4 Å². The summed E-state index contributed by atoms with van der Waals surface area (Å²) in [5.41, 5.74) is 0.698. The lowest BCUT2D eigenvalue weighted by Crippen LogP contribution is -2.26. The lowest BCUT2D eigenvalue weighted by atomic mass is 10.1. The fourth-order valence-corrected chi connectivity index (χ4v) is 7.04. The Bertz CT molecular complexity index is 1020. The predicted molar refractivity (Wildman–Crippen MR) is 135 cm³/mol. The molecule has 4 rings (SSSR count). The van der Waals surface area contributed by atoms with Gasteiger partial charge in [-0.15, -0.1) is 0 Å². The summed E-state index contributed by atoms with van der Waals surface area (Å²) in [7, 11) is -2.32. The predicted octanol–water partition coefficient (Wildman–Crippen LogP) is 6.07. The van der Waals surface area contributed by atoms with E-state index in [1.54, 1.807) is 0 Å². The maximum absolute atomic E-state index is 12.9. The fourth-order valence-electron chi connectivity index (χ4n) is 3.51. The molecule has 4 aromatic carbocycles. The maximum Gasteiger partial charge on any atom is 0.184 e. The van der Waals surface area contributed by atoms with Crippen LogP contribution in [0.25, 0.3) is 0 Å². The molecule has 0 spiro atoms. The van der Waals surface area contributed by atoms with Crippen LogP contribution in [0.15, 0.2) is 126 Å². The van der Waals surface area contributed by atoms with Gasteiger partial charge in [0.1, 0.15) is 6.54 Å². The van der Waals surface area contributed by atoms with Gasteiger partial charge in [0, 0.05) is 21.5 Å². The highest BCUT2D eigenvalue weighted by Gasteiger charge is 2.27. The molecule has 0 aromatic heterocycles. The van der Waals surface area contributed by atoms with E-state index in [-0.39, 0.29) is 12.3 Å². The highest BCUT2D eigenvalue weighted by atomic mass is 31.2. The second-order valence-corrected chi connectivity index (χ2v) is 9.83. The largest absolute Gasteiger partial charge is 0.292 e. The molecule has 0 saturated carbocycles. The molecule has 0 radical (unpaired) electrons. The van der Waals surface area contributed by atoms with Crippen molar-refractivity contribution in [3.63, 3.8) is 0 Å². The molecule has 0 aliphatic heterocycles. The Kier molecular flexibility index (Phi) is 8.15. The Morgan fingerprint density at radius 2 is 0.903 bits per heavy atom. The van der Waals surface area contributed by atoms with Crippen LogP contribution in [-0.2, 0) is 0 Å². The summed E-state index contributed by atoms with van der Waals surface area (Å²) in [5.74, 6) is 0.0396. The molecular weight excluding hydrogens is 397 g/mol. The zero-order valence-electron chi connectivity index (χ0n) is 18.1. The molecule has 0 bridgehead atoms. The van der Waals surface area contributed by atoms with Crippen molar-refractivity contribution in [3.05, 3.63) is 127 Å². The van der Waals surface area contributed by atoms with Gasteiger partial charge >= 0.3 is 0 Å². The van der Waals surface area contributed by atoms with Crippen molar-refractivity contribution in [2.45, 2.75) is 13.8 Å². The number of carbonyl (C=O) groups is 1. The molecule has 0 heterocycles. The molecule has 0 N–H and O–H groups in total. The summed E-state index contributed by atoms with van der Waals surface area (Å²) in [4.78, 5) is 12.9. The monoisotopic (exact) mass is 425 g/mol. The van der Waals surface area contributed by atoms with Gasteiger partial charge in [-0.05, 0) is 0 Å². The third-order valence-corrected chi connectivity index (χ3v) is 8.61. The Balaban J connectivity index is 0.00000132. The van der Waals surface area contributed by atoms with E-state index in [9.17, 15) is 4.79 Å². The van der Waals surface area contributed by atoms with Crippen molar-refractivity contribution < 1.29 is 4.79 Å². The number of rotatable bonds is 6. The van der Waals surface area contributed by atoms with Crippen LogP contribution in [0.3, 0.4) is 0 Å². The maximum atomic E-state index is 12.9. The molecule has 0 aliphatic rings. The Morgan fingerprint density at radius 1 is 0.581 bits per heavy atom. The van der Waals surface area contributed by atoms with E-state index in [2.05, 4.69) is 36.4 Å². The number of hydrogen-bond acceptors (Lipinski definition) is 2. The second kappa shape index (κ2) is 11.2. The van der Waals surface area contributed by atoms with Crippen LogP contribution < -0.4 is 15.9 Å². The van der Waals surface area contributed by atoms with Gasteiger partial charge in [0.25, 0.3) is 0 Å². The third-order valence-electron chi connectivity index (χ3n) is 4.91. The van der Waals surface area contributed by atoms with Crippen LogP contribution in [0.4, 0.5) is 0 Å². The summed E-state index contributed by atoms with van der Waals surface area (Å²) in [6.45, 7) is 4.15. The average Bonchev–Trinajstić information content (AvgIpc) is 2.88. The molecule has 4 aromatic rings. The van der Waals surface area contributed by atoms with Crippen LogP contribution in [0.5, 0.6) is 0 Å². The summed E-state index contributed by atoms with van der Waals surface area (Å²) in [6, 6.07) is 40.5. The first-order chi connectivity index (χ1) is 15.3. The molecule has 0 atom stereocenters. The Labute approximate surface area is 185 Å². The van der Waals surface area contributed by atoms with Gasteiger partial charge in [-0.2, -0.15) is 0 Å². The lowest BCUT2D eigenvalue weighted by Gasteiger charge is -2.27. The van der Waals surface area contributed by atoms with Crippen molar-refractivity contribution in [3.8, 4) is 0 Å². The molecule has 0 saturated heterocycles. The van der Waals surface area contributed by atoms with E-state index in [1.165, 1.54) is 0 Å². The molecular formula is C28H28NOP. The third kappa shape index (κ3) is 5.10. The van der Waals surface area contributed by atoms with E-state index < -0.39 is 7.05 Å².